The number of esters is 1. The van der Waals surface area contributed by atoms with E-state index in [9.17, 15) is 19.2 Å². The molecule has 0 amide bonds. The number of Topliss-reactive ketones (excluding diaryl/α,β-unsaturated/α-hetero) is 1. The van der Waals surface area contributed by atoms with Crippen LogP contribution in [-0.4, -0.2) is 71.1 Å². The Hall–Kier alpha value is -3.53. The van der Waals surface area contributed by atoms with Crippen molar-refractivity contribution in [1.29, 1.82) is 0 Å². The Morgan fingerprint density at radius 3 is 2.33 bits per heavy atom. The number of aromatic nitrogens is 3. The molecule has 2 aromatic rings. The lowest BCUT2D eigenvalue weighted by atomic mass is 9.33. The predicted octanol–water partition coefficient (Wildman–Crippen LogP) is 8.36. The first-order valence-electron chi connectivity index (χ1n) is 22.0. The largest absolute Gasteiger partial charge is 0.495 e. The van der Waals surface area contributed by atoms with Gasteiger partial charge >= 0.3 is 5.97 Å². The lowest BCUT2D eigenvalue weighted by Gasteiger charge is -2.72. The maximum absolute atomic E-state index is 14.6. The molecule has 5 aliphatic rings. The zero-order valence-electron chi connectivity index (χ0n) is 37.5. The van der Waals surface area contributed by atoms with Crippen molar-refractivity contribution in [3.63, 3.8) is 0 Å². The lowest BCUT2D eigenvalue weighted by Crippen LogP contribution is -2.66. The molecule has 7 rings (SSSR count). The Balaban J connectivity index is 1.28. The van der Waals surface area contributed by atoms with Crippen LogP contribution in [0.25, 0.3) is 5.82 Å². The second-order valence-electron chi connectivity index (χ2n) is 21.6. The van der Waals surface area contributed by atoms with Crippen molar-refractivity contribution in [2.75, 3.05) is 27.7 Å². The van der Waals surface area contributed by atoms with E-state index in [-0.39, 0.29) is 63.3 Å². The molecular formula is C48H70N4O6. The maximum Gasteiger partial charge on any atom is 0.307 e. The van der Waals surface area contributed by atoms with Crippen LogP contribution in [-0.2, 0) is 31.1 Å². The van der Waals surface area contributed by atoms with E-state index in [2.05, 4.69) is 63.0 Å². The molecule has 0 bridgehead atoms. The monoisotopic (exact) mass is 799 g/mol. The Bertz CT molecular complexity index is 2040. The number of hydrogen-bond donors (Lipinski definition) is 0. The molecule has 2 heterocycles. The molecule has 7 unspecified atom stereocenters. The molecule has 0 radical (unpaired) electrons. The molecule has 0 N–H and O–H groups in total. The van der Waals surface area contributed by atoms with Gasteiger partial charge in [0.15, 0.2) is 11.6 Å². The van der Waals surface area contributed by atoms with Gasteiger partial charge in [0.2, 0.25) is 0 Å². The Labute approximate surface area is 346 Å². The van der Waals surface area contributed by atoms with Crippen LogP contribution in [0.2, 0.25) is 0 Å². The summed E-state index contributed by atoms with van der Waals surface area (Å²) in [5, 5.41) is 0. The van der Waals surface area contributed by atoms with Crippen LogP contribution >= 0.6 is 0 Å². The fraction of sp³-hybridized carbons (Fsp3) is 0.729. The summed E-state index contributed by atoms with van der Waals surface area (Å²) >= 11 is 0. The van der Waals surface area contributed by atoms with Gasteiger partial charge in [-0.25, -0.2) is 4.98 Å². The van der Waals surface area contributed by atoms with Crippen LogP contribution in [0, 0.1) is 50.7 Å². The molecule has 0 saturated heterocycles. The van der Waals surface area contributed by atoms with Crippen molar-refractivity contribution < 1.29 is 23.9 Å². The number of likely N-dealkylation sites (N-methyl/N-ethyl adjacent to an activating group) is 1. The van der Waals surface area contributed by atoms with Gasteiger partial charge < -0.3 is 19.2 Å². The number of ether oxygens (including phenoxy) is 2. The smallest absolute Gasteiger partial charge is 0.307 e. The summed E-state index contributed by atoms with van der Waals surface area (Å²) in [6.45, 7) is 21.6. The number of fused-ring (bicyclic) bond motifs is 7. The van der Waals surface area contributed by atoms with Gasteiger partial charge in [0.25, 0.3) is 5.56 Å². The van der Waals surface area contributed by atoms with E-state index in [0.29, 0.717) is 36.4 Å². The van der Waals surface area contributed by atoms with Crippen molar-refractivity contribution in [3.8, 4) is 11.6 Å². The van der Waals surface area contributed by atoms with Crippen LogP contribution in [0.1, 0.15) is 132 Å². The fourth-order valence-electron chi connectivity index (χ4n) is 14.0. The average molecular weight is 799 g/mol. The summed E-state index contributed by atoms with van der Waals surface area (Å²) in [6, 6.07) is 5.51. The number of allylic oxidation sites excluding steroid dienone is 2. The summed E-state index contributed by atoms with van der Waals surface area (Å²) in [5.74, 6) is 2.31. The van der Waals surface area contributed by atoms with Gasteiger partial charge in [-0.05, 0) is 129 Å². The van der Waals surface area contributed by atoms with E-state index in [1.807, 2.05) is 32.3 Å². The van der Waals surface area contributed by atoms with Gasteiger partial charge in [0.1, 0.15) is 18.1 Å². The predicted molar refractivity (Wildman–Crippen MR) is 226 cm³/mol. The highest BCUT2D eigenvalue weighted by molar-refractivity contribution is 6.01. The highest BCUT2D eigenvalue weighted by atomic mass is 16.5. The van der Waals surface area contributed by atoms with E-state index >= 15 is 0 Å². The summed E-state index contributed by atoms with van der Waals surface area (Å²) in [7, 11) is 5.71. The van der Waals surface area contributed by atoms with Crippen molar-refractivity contribution in [1.82, 2.24) is 19.2 Å². The summed E-state index contributed by atoms with van der Waals surface area (Å²) in [5.41, 5.74) is 1.70. The SMILES string of the molecule is COc1ccc(-n2c(=O)cc(C34CC[C@]5(C)C(CCC6C7(C)CCC(OC(=O)CC(C)(C)C=O)C(C)(C)C7CCC65C)C3=C(C(C)C)C(=O)C4)n2CCN(C)C)nc1. The Morgan fingerprint density at radius 1 is 0.983 bits per heavy atom. The van der Waals surface area contributed by atoms with Crippen molar-refractivity contribution in [2.45, 2.75) is 145 Å². The van der Waals surface area contributed by atoms with Crippen molar-refractivity contribution in [3.05, 3.63) is 51.6 Å². The van der Waals surface area contributed by atoms with Crippen LogP contribution in [0.3, 0.4) is 0 Å². The third-order valence-corrected chi connectivity index (χ3v) is 17.0. The standard InChI is InChI=1S/C48H70N4O6/c1-30(2)41-33(54)26-48(36-25-39(55)52(51(36)24-23-50(10)11)38-16-13-31(57-12)28-49-38)22-21-46(8)32(42(41)48)14-15-35-45(7)19-18-37(58-40(56)27-43(3,4)29-53)44(5,6)34(45)17-20-47(35,46)9/h13,16,25,28-30,32,34-35,37H,14-15,17-24,26-27H2,1-12H3/t32?,34?,35?,37?,45?,46-,47?,48?/m1/s1. The molecule has 5 aliphatic carbocycles. The second-order valence-corrected chi connectivity index (χ2v) is 21.6. The second kappa shape index (κ2) is 14.6. The van der Waals surface area contributed by atoms with E-state index in [1.54, 1.807) is 31.8 Å². The van der Waals surface area contributed by atoms with Crippen molar-refractivity contribution in [2.24, 2.45) is 50.7 Å². The molecule has 58 heavy (non-hydrogen) atoms. The van der Waals surface area contributed by atoms with Crippen LogP contribution in [0.15, 0.2) is 40.3 Å². The zero-order valence-corrected chi connectivity index (χ0v) is 37.5. The average Bonchev–Trinajstić information content (AvgIpc) is 3.65. The summed E-state index contributed by atoms with van der Waals surface area (Å²) in [4.78, 5) is 60.4. The van der Waals surface area contributed by atoms with Gasteiger partial charge in [0, 0.05) is 35.3 Å². The normalized spacial score (nSPS) is 34.3. The van der Waals surface area contributed by atoms with Crippen molar-refractivity contribution >= 4 is 18.0 Å². The number of methoxy groups -OCH3 is 1. The minimum absolute atomic E-state index is 0.0329. The van der Waals surface area contributed by atoms with Gasteiger partial charge in [-0.3, -0.25) is 19.1 Å². The van der Waals surface area contributed by atoms with E-state index in [0.717, 1.165) is 75.5 Å². The van der Waals surface area contributed by atoms with Gasteiger partial charge in [-0.15, -0.1) is 0 Å². The van der Waals surface area contributed by atoms with Gasteiger partial charge in [-0.2, -0.15) is 4.68 Å². The molecule has 0 aromatic carbocycles. The number of nitrogens with zero attached hydrogens (tertiary/aromatic N) is 4. The zero-order chi connectivity index (χ0) is 42.4. The first-order valence-corrected chi connectivity index (χ1v) is 22.0. The fourth-order valence-corrected chi connectivity index (χ4v) is 14.0. The third kappa shape index (κ3) is 6.39. The molecular weight excluding hydrogens is 729 g/mol. The van der Waals surface area contributed by atoms with Crippen LogP contribution in [0.5, 0.6) is 5.75 Å². The lowest BCUT2D eigenvalue weighted by molar-refractivity contribution is -0.232. The van der Waals surface area contributed by atoms with Gasteiger partial charge in [0.05, 0.1) is 32.0 Å². The first kappa shape index (κ1) is 42.6. The molecule has 10 heteroatoms. The van der Waals surface area contributed by atoms with E-state index < -0.39 is 10.8 Å². The molecule has 4 saturated carbocycles. The third-order valence-electron chi connectivity index (χ3n) is 17.0. The summed E-state index contributed by atoms with van der Waals surface area (Å²) in [6.07, 6.45) is 10.7. The minimum atomic E-state index is -0.737. The highest BCUT2D eigenvalue weighted by Crippen LogP contribution is 2.77. The molecule has 0 spiro atoms. The number of aldehydes is 1. The molecule has 4 fully saturated rings. The number of carbonyl (C=O) groups is 3. The molecule has 2 aromatic heterocycles. The maximum atomic E-state index is 14.6. The van der Waals surface area contributed by atoms with Crippen LogP contribution in [0.4, 0.5) is 0 Å². The number of hydrogen-bond acceptors (Lipinski definition) is 8. The molecule has 0 aliphatic heterocycles. The Kier molecular flexibility index (Phi) is 10.7. The quantitative estimate of drug-likeness (QED) is 0.165. The minimum Gasteiger partial charge on any atom is -0.495 e. The van der Waals surface area contributed by atoms with E-state index in [4.69, 9.17) is 9.47 Å². The summed E-state index contributed by atoms with van der Waals surface area (Å²) < 4.78 is 15.5. The van der Waals surface area contributed by atoms with Gasteiger partial charge in [-0.1, -0.05) is 62.3 Å². The number of carbonyl (C=O) groups excluding carboxylic acids is 3. The highest BCUT2D eigenvalue weighted by Gasteiger charge is 2.70. The number of ketones is 1. The molecule has 318 valence electrons. The Morgan fingerprint density at radius 2 is 1.71 bits per heavy atom. The molecule has 8 atom stereocenters. The number of pyridine rings is 1. The van der Waals surface area contributed by atoms with E-state index in [1.165, 1.54) is 5.57 Å². The number of rotatable bonds is 11. The van der Waals surface area contributed by atoms with Crippen LogP contribution < -0.4 is 10.3 Å². The molecule has 10 nitrogen and oxygen atoms in total. The topological polar surface area (TPSA) is 113 Å². The first-order chi connectivity index (χ1) is 27.1.